The second-order valence-corrected chi connectivity index (χ2v) is 6.12. The van der Waals surface area contributed by atoms with E-state index in [9.17, 15) is 4.79 Å². The Hall–Kier alpha value is -1.99. The van der Waals surface area contributed by atoms with Crippen LogP contribution in [0.5, 0.6) is 0 Å². The molecule has 2 aromatic heterocycles. The number of benzene rings is 1. The average Bonchev–Trinajstić information content (AvgIpc) is 3.10. The van der Waals surface area contributed by atoms with Crippen molar-refractivity contribution in [2.75, 3.05) is 5.32 Å². The average molecular weight is 363 g/mol. The van der Waals surface area contributed by atoms with E-state index in [0.717, 1.165) is 15.7 Å². The molecule has 0 aliphatic heterocycles. The van der Waals surface area contributed by atoms with E-state index in [1.807, 2.05) is 35.7 Å². The van der Waals surface area contributed by atoms with Crippen molar-refractivity contribution in [3.8, 4) is 0 Å². The van der Waals surface area contributed by atoms with Crippen LogP contribution in [0.15, 0.2) is 52.8 Å². The lowest BCUT2D eigenvalue weighted by atomic mass is 10.2. The number of rotatable bonds is 4. The molecule has 21 heavy (non-hydrogen) atoms. The number of hydrogen-bond acceptors (Lipinski definition) is 4. The summed E-state index contributed by atoms with van der Waals surface area (Å²) in [5, 5.41) is 8.84. The normalized spacial score (nSPS) is 10.5. The summed E-state index contributed by atoms with van der Waals surface area (Å²) in [4.78, 5) is 16.7. The Bertz CT molecular complexity index is 754. The van der Waals surface area contributed by atoms with Gasteiger partial charge in [0.05, 0.1) is 6.54 Å². The third kappa shape index (κ3) is 3.37. The number of nitrogens with zero attached hydrogens (tertiary/aromatic N) is 3. The maximum atomic E-state index is 12.2. The van der Waals surface area contributed by atoms with Gasteiger partial charge in [0, 0.05) is 10.2 Å². The van der Waals surface area contributed by atoms with Crippen LogP contribution in [0.4, 0.5) is 5.69 Å². The van der Waals surface area contributed by atoms with Gasteiger partial charge in [0.25, 0.3) is 5.91 Å². The molecular formula is C14H11BrN4OS. The van der Waals surface area contributed by atoms with Crippen molar-refractivity contribution < 1.29 is 4.79 Å². The number of thiophene rings is 1. The van der Waals surface area contributed by atoms with Crippen molar-refractivity contribution in [1.82, 2.24) is 14.8 Å². The minimum absolute atomic E-state index is 0.116. The van der Waals surface area contributed by atoms with E-state index in [0.29, 0.717) is 11.4 Å². The van der Waals surface area contributed by atoms with Gasteiger partial charge in [-0.25, -0.2) is 9.67 Å². The number of amides is 1. The molecule has 5 nitrogen and oxygen atoms in total. The zero-order valence-corrected chi connectivity index (χ0v) is 13.3. The zero-order valence-electron chi connectivity index (χ0n) is 10.9. The number of anilines is 1. The first-order valence-electron chi connectivity index (χ1n) is 6.18. The highest BCUT2D eigenvalue weighted by molar-refractivity contribution is 9.10. The molecule has 7 heteroatoms. The standard InChI is InChI=1S/C14H11BrN4OS/c15-12-4-5-21-13(12)14(20)18-11-3-1-2-10(6-11)7-19-9-16-8-17-19/h1-6,8-9H,7H2,(H,18,20). The fourth-order valence-corrected chi connectivity index (χ4v) is 3.34. The van der Waals surface area contributed by atoms with Gasteiger partial charge in [0.1, 0.15) is 17.5 Å². The Morgan fingerprint density at radius 2 is 2.29 bits per heavy atom. The Morgan fingerprint density at radius 3 is 3.00 bits per heavy atom. The predicted octanol–water partition coefficient (Wildman–Crippen LogP) is 3.40. The fraction of sp³-hybridized carbons (Fsp3) is 0.0714. The SMILES string of the molecule is O=C(Nc1cccc(Cn2cncn2)c1)c1sccc1Br. The Kier molecular flexibility index (Phi) is 4.12. The van der Waals surface area contributed by atoms with Crippen molar-refractivity contribution in [2.24, 2.45) is 0 Å². The molecule has 0 spiro atoms. The lowest BCUT2D eigenvalue weighted by Crippen LogP contribution is -2.11. The molecule has 0 saturated carbocycles. The van der Waals surface area contributed by atoms with Crippen LogP contribution < -0.4 is 5.32 Å². The molecule has 0 atom stereocenters. The van der Waals surface area contributed by atoms with Crippen LogP contribution in [-0.4, -0.2) is 20.7 Å². The summed E-state index contributed by atoms with van der Waals surface area (Å²) in [7, 11) is 0. The first kappa shape index (κ1) is 14.0. The van der Waals surface area contributed by atoms with Gasteiger partial charge < -0.3 is 5.32 Å². The topological polar surface area (TPSA) is 59.8 Å². The number of carbonyl (C=O) groups excluding carboxylic acids is 1. The van der Waals surface area contributed by atoms with E-state index in [4.69, 9.17) is 0 Å². The first-order valence-corrected chi connectivity index (χ1v) is 7.85. The van der Waals surface area contributed by atoms with Crippen LogP contribution in [-0.2, 0) is 6.54 Å². The van der Waals surface area contributed by atoms with Crippen LogP contribution in [0.1, 0.15) is 15.2 Å². The summed E-state index contributed by atoms with van der Waals surface area (Å²) < 4.78 is 2.54. The van der Waals surface area contributed by atoms with Crippen LogP contribution >= 0.6 is 27.3 Å². The van der Waals surface area contributed by atoms with E-state index >= 15 is 0 Å². The maximum Gasteiger partial charge on any atom is 0.266 e. The van der Waals surface area contributed by atoms with E-state index in [-0.39, 0.29) is 5.91 Å². The summed E-state index contributed by atoms with van der Waals surface area (Å²) in [6, 6.07) is 9.55. The van der Waals surface area contributed by atoms with Crippen LogP contribution in [0.25, 0.3) is 0 Å². The highest BCUT2D eigenvalue weighted by Crippen LogP contribution is 2.24. The minimum Gasteiger partial charge on any atom is -0.321 e. The molecule has 1 amide bonds. The number of aromatic nitrogens is 3. The van der Waals surface area contributed by atoms with E-state index < -0.39 is 0 Å². The summed E-state index contributed by atoms with van der Waals surface area (Å²) >= 11 is 4.77. The summed E-state index contributed by atoms with van der Waals surface area (Å²) in [6.07, 6.45) is 3.16. The van der Waals surface area contributed by atoms with Gasteiger partial charge in [-0.1, -0.05) is 12.1 Å². The molecule has 0 aliphatic carbocycles. The Labute approximate surface area is 133 Å². The summed E-state index contributed by atoms with van der Waals surface area (Å²) in [5.74, 6) is -0.116. The van der Waals surface area contributed by atoms with Crippen molar-refractivity contribution in [2.45, 2.75) is 6.54 Å². The lowest BCUT2D eigenvalue weighted by Gasteiger charge is -2.07. The first-order chi connectivity index (χ1) is 10.2. The fourth-order valence-electron chi connectivity index (χ4n) is 1.89. The second-order valence-electron chi connectivity index (χ2n) is 4.35. The van der Waals surface area contributed by atoms with E-state index in [2.05, 4.69) is 31.3 Å². The molecule has 0 radical (unpaired) electrons. The lowest BCUT2D eigenvalue weighted by molar-refractivity contribution is 0.103. The van der Waals surface area contributed by atoms with Gasteiger partial charge in [-0.2, -0.15) is 5.10 Å². The Morgan fingerprint density at radius 1 is 1.38 bits per heavy atom. The third-order valence-corrected chi connectivity index (χ3v) is 4.66. The third-order valence-electron chi connectivity index (χ3n) is 2.82. The van der Waals surface area contributed by atoms with Crippen LogP contribution in [0, 0.1) is 0 Å². The second kappa shape index (κ2) is 6.19. The maximum absolute atomic E-state index is 12.2. The van der Waals surface area contributed by atoms with Gasteiger partial charge in [0.15, 0.2) is 0 Å². The molecule has 0 fully saturated rings. The molecule has 0 unspecified atom stereocenters. The highest BCUT2D eigenvalue weighted by Gasteiger charge is 2.11. The summed E-state index contributed by atoms with van der Waals surface area (Å²) in [5.41, 5.74) is 1.81. The molecule has 3 aromatic rings. The molecule has 0 bridgehead atoms. The van der Waals surface area contributed by atoms with E-state index in [1.54, 1.807) is 11.0 Å². The molecule has 0 saturated heterocycles. The molecular weight excluding hydrogens is 352 g/mol. The monoisotopic (exact) mass is 362 g/mol. The zero-order chi connectivity index (χ0) is 14.7. The predicted molar refractivity (Wildman–Crippen MR) is 85.5 cm³/mol. The smallest absolute Gasteiger partial charge is 0.266 e. The number of hydrogen-bond donors (Lipinski definition) is 1. The summed E-state index contributed by atoms with van der Waals surface area (Å²) in [6.45, 7) is 0.617. The highest BCUT2D eigenvalue weighted by atomic mass is 79.9. The minimum atomic E-state index is -0.116. The number of nitrogens with one attached hydrogen (secondary N) is 1. The molecule has 0 aliphatic rings. The van der Waals surface area contributed by atoms with Crippen molar-refractivity contribution in [3.63, 3.8) is 0 Å². The van der Waals surface area contributed by atoms with Crippen LogP contribution in [0.3, 0.4) is 0 Å². The molecule has 106 valence electrons. The van der Waals surface area contributed by atoms with Crippen molar-refractivity contribution in [3.05, 3.63) is 63.3 Å². The molecule has 1 aromatic carbocycles. The quantitative estimate of drug-likeness (QED) is 0.773. The molecule has 3 rings (SSSR count). The van der Waals surface area contributed by atoms with E-state index in [1.165, 1.54) is 17.7 Å². The molecule has 2 heterocycles. The van der Waals surface area contributed by atoms with Gasteiger partial charge in [-0.3, -0.25) is 4.79 Å². The van der Waals surface area contributed by atoms with Gasteiger partial charge >= 0.3 is 0 Å². The van der Waals surface area contributed by atoms with Crippen molar-refractivity contribution >= 4 is 38.9 Å². The largest absolute Gasteiger partial charge is 0.321 e. The van der Waals surface area contributed by atoms with Crippen LogP contribution in [0.2, 0.25) is 0 Å². The number of halogens is 1. The number of carbonyl (C=O) groups is 1. The molecule has 1 N–H and O–H groups in total. The van der Waals surface area contributed by atoms with Gasteiger partial charge in [0.2, 0.25) is 0 Å². The van der Waals surface area contributed by atoms with Gasteiger partial charge in [-0.05, 0) is 45.1 Å². The van der Waals surface area contributed by atoms with Gasteiger partial charge in [-0.15, -0.1) is 11.3 Å². The van der Waals surface area contributed by atoms with Crippen molar-refractivity contribution in [1.29, 1.82) is 0 Å². The Balaban J connectivity index is 1.74.